The molecule has 2 aromatic rings. The third-order valence-electron chi connectivity index (χ3n) is 3.93. The van der Waals surface area contributed by atoms with Gasteiger partial charge in [0.25, 0.3) is 0 Å². The van der Waals surface area contributed by atoms with Gasteiger partial charge < -0.3 is 10.6 Å². The first-order valence-corrected chi connectivity index (χ1v) is 8.25. The number of anilines is 2. The van der Waals surface area contributed by atoms with Gasteiger partial charge in [0.1, 0.15) is 0 Å². The summed E-state index contributed by atoms with van der Waals surface area (Å²) in [6.45, 7) is 3.12. The molecule has 0 fully saturated rings. The van der Waals surface area contributed by atoms with Gasteiger partial charge >= 0.3 is 6.03 Å². The first-order chi connectivity index (χ1) is 12.2. The number of urea groups is 1. The zero-order chi connectivity index (χ0) is 17.6. The second-order valence-corrected chi connectivity index (χ2v) is 5.69. The van der Waals surface area contributed by atoms with Crippen LogP contribution in [0.5, 0.6) is 0 Å². The van der Waals surface area contributed by atoms with E-state index >= 15 is 0 Å². The van der Waals surface area contributed by atoms with Crippen molar-refractivity contribution in [3.63, 3.8) is 0 Å². The number of benzene rings is 1. The molecule has 1 aromatic heterocycles. The molecular weight excluding hydrogens is 316 g/mol. The number of rotatable bonds is 4. The predicted octanol–water partition coefficient (Wildman–Crippen LogP) is 2.83. The SMILES string of the molecule is CCNC(=O)N1CCc2ccc(NC(=O)C=Cc3cccnc3)cc21. The number of nitrogens with zero attached hydrogens (tertiary/aromatic N) is 2. The minimum absolute atomic E-state index is 0.110. The van der Waals surface area contributed by atoms with Crippen LogP contribution in [-0.4, -0.2) is 30.0 Å². The molecule has 6 heteroatoms. The lowest BCUT2D eigenvalue weighted by molar-refractivity contribution is -0.111. The Labute approximate surface area is 146 Å². The molecule has 0 spiro atoms. The van der Waals surface area contributed by atoms with Gasteiger partial charge in [-0.15, -0.1) is 0 Å². The number of amides is 3. The van der Waals surface area contributed by atoms with Crippen LogP contribution in [0.15, 0.2) is 48.8 Å². The Morgan fingerprint density at radius 3 is 2.96 bits per heavy atom. The van der Waals surface area contributed by atoms with Crippen molar-refractivity contribution < 1.29 is 9.59 Å². The summed E-state index contributed by atoms with van der Waals surface area (Å²) in [4.78, 5) is 29.9. The van der Waals surface area contributed by atoms with E-state index in [9.17, 15) is 9.59 Å². The van der Waals surface area contributed by atoms with Crippen molar-refractivity contribution in [1.29, 1.82) is 0 Å². The molecule has 128 valence electrons. The van der Waals surface area contributed by atoms with Crippen molar-refractivity contribution in [3.05, 3.63) is 59.9 Å². The Balaban J connectivity index is 1.70. The molecule has 0 aliphatic carbocycles. The van der Waals surface area contributed by atoms with Crippen molar-refractivity contribution in [2.24, 2.45) is 0 Å². The zero-order valence-electron chi connectivity index (χ0n) is 14.0. The summed E-state index contributed by atoms with van der Waals surface area (Å²) in [6, 6.07) is 9.23. The highest BCUT2D eigenvalue weighted by Gasteiger charge is 2.24. The molecule has 2 heterocycles. The van der Waals surface area contributed by atoms with E-state index in [-0.39, 0.29) is 11.9 Å². The highest BCUT2D eigenvalue weighted by atomic mass is 16.2. The van der Waals surface area contributed by atoms with Crippen molar-refractivity contribution >= 4 is 29.4 Å². The van der Waals surface area contributed by atoms with E-state index in [1.165, 1.54) is 6.08 Å². The maximum absolute atomic E-state index is 12.1. The molecule has 3 rings (SSSR count). The number of fused-ring (bicyclic) bond motifs is 1. The van der Waals surface area contributed by atoms with Crippen molar-refractivity contribution in [1.82, 2.24) is 10.3 Å². The molecule has 0 saturated heterocycles. The number of hydrogen-bond donors (Lipinski definition) is 2. The lowest BCUT2D eigenvalue weighted by Gasteiger charge is -2.18. The van der Waals surface area contributed by atoms with Gasteiger partial charge in [-0.2, -0.15) is 0 Å². The first-order valence-electron chi connectivity index (χ1n) is 8.25. The van der Waals surface area contributed by atoms with Gasteiger partial charge in [-0.05, 0) is 48.7 Å². The number of carbonyl (C=O) groups excluding carboxylic acids is 2. The third-order valence-corrected chi connectivity index (χ3v) is 3.93. The van der Waals surface area contributed by atoms with Crippen molar-refractivity contribution in [3.8, 4) is 0 Å². The highest BCUT2D eigenvalue weighted by molar-refractivity contribution is 6.03. The number of carbonyl (C=O) groups is 2. The first kappa shape index (κ1) is 16.7. The summed E-state index contributed by atoms with van der Waals surface area (Å²) in [7, 11) is 0. The number of nitrogens with one attached hydrogen (secondary N) is 2. The predicted molar refractivity (Wildman–Crippen MR) is 98.5 cm³/mol. The Morgan fingerprint density at radius 1 is 1.32 bits per heavy atom. The molecule has 25 heavy (non-hydrogen) atoms. The van der Waals surface area contributed by atoms with Crippen LogP contribution >= 0.6 is 0 Å². The second-order valence-electron chi connectivity index (χ2n) is 5.69. The van der Waals surface area contributed by atoms with Crippen LogP contribution in [0, 0.1) is 0 Å². The Hall–Kier alpha value is -3.15. The van der Waals surface area contributed by atoms with E-state index in [4.69, 9.17) is 0 Å². The minimum atomic E-state index is -0.230. The Bertz CT molecular complexity index is 802. The van der Waals surface area contributed by atoms with Gasteiger partial charge in [0.2, 0.25) is 5.91 Å². The van der Waals surface area contributed by atoms with Crippen molar-refractivity contribution in [2.45, 2.75) is 13.3 Å². The van der Waals surface area contributed by atoms with E-state index in [2.05, 4.69) is 15.6 Å². The molecule has 0 unspecified atom stereocenters. The van der Waals surface area contributed by atoms with Gasteiger partial charge in [0.05, 0.1) is 5.69 Å². The normalized spacial score (nSPS) is 12.9. The maximum Gasteiger partial charge on any atom is 0.321 e. The van der Waals surface area contributed by atoms with Gasteiger partial charge in [-0.1, -0.05) is 12.1 Å². The largest absolute Gasteiger partial charge is 0.338 e. The highest BCUT2D eigenvalue weighted by Crippen LogP contribution is 2.30. The van der Waals surface area contributed by atoms with Gasteiger partial charge in [-0.25, -0.2) is 4.79 Å². The molecule has 6 nitrogen and oxygen atoms in total. The van der Waals surface area contributed by atoms with E-state index < -0.39 is 0 Å². The molecule has 1 aliphatic rings. The van der Waals surface area contributed by atoms with Crippen LogP contribution in [0.1, 0.15) is 18.1 Å². The maximum atomic E-state index is 12.1. The summed E-state index contributed by atoms with van der Waals surface area (Å²) in [6.07, 6.45) is 7.36. The van der Waals surface area contributed by atoms with Crippen LogP contribution < -0.4 is 15.5 Å². The van der Waals surface area contributed by atoms with E-state index in [1.807, 2.05) is 37.3 Å². The molecule has 0 radical (unpaired) electrons. The molecule has 3 amide bonds. The fourth-order valence-corrected chi connectivity index (χ4v) is 2.74. The number of pyridine rings is 1. The standard InChI is InChI=1S/C19H20N4O2/c1-2-21-19(25)23-11-9-15-6-7-16(12-17(15)23)22-18(24)8-5-14-4-3-10-20-13-14/h3-8,10,12-13H,2,9,11H2,1H3,(H,21,25)(H,22,24). The van der Waals surface area contributed by atoms with Gasteiger partial charge in [-0.3, -0.25) is 14.7 Å². The lowest BCUT2D eigenvalue weighted by atomic mass is 10.1. The van der Waals surface area contributed by atoms with E-state index in [0.29, 0.717) is 18.8 Å². The smallest absolute Gasteiger partial charge is 0.321 e. The molecular formula is C19H20N4O2. The topological polar surface area (TPSA) is 74.3 Å². The Kier molecular flexibility index (Phi) is 5.09. The van der Waals surface area contributed by atoms with E-state index in [1.54, 1.807) is 23.4 Å². The fourth-order valence-electron chi connectivity index (χ4n) is 2.74. The molecule has 0 saturated carbocycles. The van der Waals surface area contributed by atoms with Crippen LogP contribution in [0.4, 0.5) is 16.2 Å². The lowest BCUT2D eigenvalue weighted by Crippen LogP contribution is -2.38. The molecule has 1 aliphatic heterocycles. The van der Waals surface area contributed by atoms with Crippen LogP contribution in [0.3, 0.4) is 0 Å². The second kappa shape index (κ2) is 7.61. The molecule has 2 N–H and O–H groups in total. The minimum Gasteiger partial charge on any atom is -0.338 e. The average molecular weight is 336 g/mol. The number of hydrogen-bond acceptors (Lipinski definition) is 3. The molecule has 0 bridgehead atoms. The fraction of sp³-hybridized carbons (Fsp3) is 0.211. The van der Waals surface area contributed by atoms with Gasteiger partial charge in [0, 0.05) is 37.2 Å². The Morgan fingerprint density at radius 2 is 2.20 bits per heavy atom. The third kappa shape index (κ3) is 4.03. The molecule has 1 aromatic carbocycles. The summed E-state index contributed by atoms with van der Waals surface area (Å²) in [5.74, 6) is -0.230. The van der Waals surface area contributed by atoms with Gasteiger partial charge in [0.15, 0.2) is 0 Å². The zero-order valence-corrected chi connectivity index (χ0v) is 14.0. The average Bonchev–Trinajstić information content (AvgIpc) is 3.04. The van der Waals surface area contributed by atoms with Crippen molar-refractivity contribution in [2.75, 3.05) is 23.3 Å². The summed E-state index contributed by atoms with van der Waals surface area (Å²) >= 11 is 0. The van der Waals surface area contributed by atoms with Crippen LogP contribution in [0.2, 0.25) is 0 Å². The van der Waals surface area contributed by atoms with E-state index in [0.717, 1.165) is 23.2 Å². The molecule has 0 atom stereocenters. The quantitative estimate of drug-likeness (QED) is 0.843. The summed E-state index contributed by atoms with van der Waals surface area (Å²) in [5.41, 5.74) is 3.47. The summed E-state index contributed by atoms with van der Waals surface area (Å²) in [5, 5.41) is 5.64. The summed E-state index contributed by atoms with van der Waals surface area (Å²) < 4.78 is 0. The monoisotopic (exact) mass is 336 g/mol. The van der Waals surface area contributed by atoms with Crippen LogP contribution in [0.25, 0.3) is 6.08 Å². The van der Waals surface area contributed by atoms with Crippen LogP contribution in [-0.2, 0) is 11.2 Å². The number of aromatic nitrogens is 1.